The molecular weight excluding hydrogens is 342 g/mol. The molecule has 2 atom stereocenters. The van der Waals surface area contributed by atoms with Crippen LogP contribution in [0.5, 0.6) is 0 Å². The molecule has 0 aliphatic carbocycles. The summed E-state index contributed by atoms with van der Waals surface area (Å²) in [6, 6.07) is 0.376. The third-order valence-corrected chi connectivity index (χ3v) is 5.37. The Hall–Kier alpha value is -1.61. The zero-order valence-electron chi connectivity index (χ0n) is 15.3. The standard InChI is InChI=1S/C16H29N5O3S/c1-14-4-7-20(12-15(14)21-8-5-18-13-21)16(17-2)19-6-9-24-10-11-25(3,22)23/h5,8,13-15H,4,6-7,9-12H2,1-3H3,(H,17,19). The molecule has 0 bridgehead atoms. The van der Waals surface area contributed by atoms with Crippen LogP contribution in [-0.2, 0) is 14.6 Å². The van der Waals surface area contributed by atoms with Gasteiger partial charge in [0.05, 0.1) is 31.3 Å². The Morgan fingerprint density at radius 1 is 1.44 bits per heavy atom. The molecule has 1 aromatic rings. The molecule has 0 amide bonds. The number of guanidine groups is 1. The number of nitrogens with zero attached hydrogens (tertiary/aromatic N) is 4. The molecule has 2 heterocycles. The van der Waals surface area contributed by atoms with Crippen molar-refractivity contribution in [3.05, 3.63) is 18.7 Å². The van der Waals surface area contributed by atoms with Gasteiger partial charge in [0.25, 0.3) is 0 Å². The highest BCUT2D eigenvalue weighted by molar-refractivity contribution is 7.90. The number of likely N-dealkylation sites (tertiary alicyclic amines) is 1. The lowest BCUT2D eigenvalue weighted by atomic mass is 9.93. The van der Waals surface area contributed by atoms with Crippen LogP contribution in [0, 0.1) is 5.92 Å². The lowest BCUT2D eigenvalue weighted by Crippen LogP contribution is -2.49. The maximum absolute atomic E-state index is 11.1. The van der Waals surface area contributed by atoms with E-state index in [0.29, 0.717) is 25.1 Å². The number of sulfone groups is 1. The maximum atomic E-state index is 11.1. The lowest BCUT2D eigenvalue weighted by molar-refractivity contribution is 0.151. The largest absolute Gasteiger partial charge is 0.379 e. The Kier molecular flexibility index (Phi) is 7.24. The van der Waals surface area contributed by atoms with Gasteiger partial charge in [0.15, 0.2) is 5.96 Å². The molecule has 2 unspecified atom stereocenters. The average molecular weight is 372 g/mol. The van der Waals surface area contributed by atoms with Crippen LogP contribution < -0.4 is 5.32 Å². The van der Waals surface area contributed by atoms with E-state index in [1.165, 1.54) is 6.26 Å². The van der Waals surface area contributed by atoms with Gasteiger partial charge in [0, 0.05) is 45.3 Å². The van der Waals surface area contributed by atoms with Gasteiger partial charge in [-0.2, -0.15) is 0 Å². The molecule has 0 spiro atoms. The van der Waals surface area contributed by atoms with Gasteiger partial charge in [0.2, 0.25) is 0 Å². The van der Waals surface area contributed by atoms with E-state index in [1.54, 1.807) is 7.05 Å². The Labute approximate surface area is 150 Å². The smallest absolute Gasteiger partial charge is 0.193 e. The normalized spacial score (nSPS) is 22.2. The van der Waals surface area contributed by atoms with E-state index in [9.17, 15) is 8.42 Å². The second-order valence-corrected chi connectivity index (χ2v) is 8.77. The van der Waals surface area contributed by atoms with Gasteiger partial charge >= 0.3 is 0 Å². The molecule has 142 valence electrons. The highest BCUT2D eigenvalue weighted by Crippen LogP contribution is 2.27. The number of piperidine rings is 1. The van der Waals surface area contributed by atoms with Crippen molar-refractivity contribution in [3.63, 3.8) is 0 Å². The van der Waals surface area contributed by atoms with Crippen molar-refractivity contribution >= 4 is 15.8 Å². The SMILES string of the molecule is CN=C(NCCOCCS(C)(=O)=O)N1CCC(C)C(n2ccnc2)C1. The molecule has 1 aromatic heterocycles. The number of nitrogens with one attached hydrogen (secondary N) is 1. The van der Waals surface area contributed by atoms with E-state index in [-0.39, 0.29) is 12.4 Å². The Morgan fingerprint density at radius 3 is 2.88 bits per heavy atom. The first-order valence-electron chi connectivity index (χ1n) is 8.59. The predicted molar refractivity (Wildman–Crippen MR) is 98.5 cm³/mol. The molecule has 0 radical (unpaired) electrons. The third kappa shape index (κ3) is 6.32. The van der Waals surface area contributed by atoms with Crippen LogP contribution in [0.15, 0.2) is 23.7 Å². The molecule has 0 saturated carbocycles. The summed E-state index contributed by atoms with van der Waals surface area (Å²) >= 11 is 0. The molecule has 1 saturated heterocycles. The summed E-state index contributed by atoms with van der Waals surface area (Å²) in [4.78, 5) is 10.8. The fourth-order valence-corrected chi connectivity index (χ4v) is 3.40. The van der Waals surface area contributed by atoms with E-state index in [0.717, 1.165) is 25.5 Å². The fourth-order valence-electron chi connectivity index (χ4n) is 2.97. The summed E-state index contributed by atoms with van der Waals surface area (Å²) in [5.41, 5.74) is 0. The van der Waals surface area contributed by atoms with E-state index >= 15 is 0 Å². The zero-order chi connectivity index (χ0) is 18.3. The number of rotatable bonds is 7. The van der Waals surface area contributed by atoms with Crippen molar-refractivity contribution in [2.24, 2.45) is 10.9 Å². The van der Waals surface area contributed by atoms with Crippen molar-refractivity contribution < 1.29 is 13.2 Å². The summed E-state index contributed by atoms with van der Waals surface area (Å²) in [5, 5.41) is 3.29. The van der Waals surface area contributed by atoms with Gasteiger partial charge < -0.3 is 19.5 Å². The van der Waals surface area contributed by atoms with E-state index in [2.05, 4.69) is 31.7 Å². The minimum Gasteiger partial charge on any atom is -0.379 e. The van der Waals surface area contributed by atoms with Gasteiger partial charge in [-0.15, -0.1) is 0 Å². The molecule has 8 nitrogen and oxygen atoms in total. The van der Waals surface area contributed by atoms with Crippen LogP contribution in [0.2, 0.25) is 0 Å². The Bertz CT molecular complexity index is 645. The second-order valence-electron chi connectivity index (χ2n) is 6.51. The van der Waals surface area contributed by atoms with Crippen LogP contribution in [-0.4, -0.2) is 80.7 Å². The number of aromatic nitrogens is 2. The van der Waals surface area contributed by atoms with Crippen LogP contribution >= 0.6 is 0 Å². The van der Waals surface area contributed by atoms with Crippen molar-refractivity contribution in [1.82, 2.24) is 19.8 Å². The van der Waals surface area contributed by atoms with E-state index in [4.69, 9.17) is 4.74 Å². The molecule has 0 aromatic carbocycles. The highest BCUT2D eigenvalue weighted by Gasteiger charge is 2.28. The van der Waals surface area contributed by atoms with Crippen LogP contribution in [0.3, 0.4) is 0 Å². The first-order valence-corrected chi connectivity index (χ1v) is 10.7. The topological polar surface area (TPSA) is 88.8 Å². The molecular formula is C16H29N5O3S. The summed E-state index contributed by atoms with van der Waals surface area (Å²) in [7, 11) is -1.19. The molecule has 1 aliphatic heterocycles. The van der Waals surface area contributed by atoms with Gasteiger partial charge in [-0.1, -0.05) is 6.92 Å². The van der Waals surface area contributed by atoms with Crippen molar-refractivity contribution in [2.45, 2.75) is 19.4 Å². The summed E-state index contributed by atoms with van der Waals surface area (Å²) < 4.78 is 29.6. The van der Waals surface area contributed by atoms with Crippen molar-refractivity contribution in [3.8, 4) is 0 Å². The number of imidazole rings is 1. The van der Waals surface area contributed by atoms with E-state index in [1.807, 2.05) is 18.7 Å². The second kappa shape index (κ2) is 9.19. The number of ether oxygens (including phenoxy) is 1. The van der Waals surface area contributed by atoms with Crippen LogP contribution in [0.25, 0.3) is 0 Å². The lowest BCUT2D eigenvalue weighted by Gasteiger charge is -2.39. The first kappa shape index (κ1) is 19.7. The quantitative estimate of drug-likeness (QED) is 0.424. The summed E-state index contributed by atoms with van der Waals surface area (Å²) in [6.45, 7) is 5.38. The molecule has 1 N–H and O–H groups in total. The number of hydrogen-bond acceptors (Lipinski definition) is 5. The highest BCUT2D eigenvalue weighted by atomic mass is 32.2. The minimum absolute atomic E-state index is 0.0539. The first-order chi connectivity index (χ1) is 11.9. The van der Waals surface area contributed by atoms with E-state index < -0.39 is 9.84 Å². The zero-order valence-corrected chi connectivity index (χ0v) is 16.1. The molecule has 2 rings (SSSR count). The average Bonchev–Trinajstić information content (AvgIpc) is 3.08. The summed E-state index contributed by atoms with van der Waals surface area (Å²) in [5.74, 6) is 1.49. The fraction of sp³-hybridized carbons (Fsp3) is 0.750. The van der Waals surface area contributed by atoms with Gasteiger partial charge in [0.1, 0.15) is 9.84 Å². The van der Waals surface area contributed by atoms with Gasteiger partial charge in [-0.25, -0.2) is 13.4 Å². The number of hydrogen-bond donors (Lipinski definition) is 1. The Balaban J connectivity index is 1.78. The Morgan fingerprint density at radius 2 is 2.24 bits per heavy atom. The van der Waals surface area contributed by atoms with Crippen LogP contribution in [0.4, 0.5) is 0 Å². The minimum atomic E-state index is -2.97. The van der Waals surface area contributed by atoms with Gasteiger partial charge in [-0.05, 0) is 12.3 Å². The predicted octanol–water partition coefficient (Wildman–Crippen LogP) is 0.403. The molecule has 9 heteroatoms. The van der Waals surface area contributed by atoms with Crippen LogP contribution in [0.1, 0.15) is 19.4 Å². The van der Waals surface area contributed by atoms with Crippen molar-refractivity contribution in [1.29, 1.82) is 0 Å². The monoisotopic (exact) mass is 371 g/mol. The molecule has 1 aliphatic rings. The van der Waals surface area contributed by atoms with Gasteiger partial charge in [-0.3, -0.25) is 4.99 Å². The summed E-state index contributed by atoms with van der Waals surface area (Å²) in [6.07, 6.45) is 8.00. The van der Waals surface area contributed by atoms with Crippen molar-refractivity contribution in [2.75, 3.05) is 51.9 Å². The number of aliphatic imine (C=N–C) groups is 1. The third-order valence-electron chi connectivity index (χ3n) is 4.47. The molecule has 1 fully saturated rings. The maximum Gasteiger partial charge on any atom is 0.193 e. The molecule has 25 heavy (non-hydrogen) atoms.